The van der Waals surface area contributed by atoms with Gasteiger partial charge >= 0.3 is 0 Å². The molecule has 0 fully saturated rings. The largest absolute Gasteiger partial charge is 0.344 e. The average molecular weight is 273 g/mol. The lowest BCUT2D eigenvalue weighted by atomic mass is 10.0. The zero-order valence-electron chi connectivity index (χ0n) is 11.8. The minimum atomic E-state index is -0.207. The van der Waals surface area contributed by atoms with E-state index in [9.17, 15) is 4.79 Å². The maximum atomic E-state index is 12.2. The van der Waals surface area contributed by atoms with Gasteiger partial charge in [0.25, 0.3) is 5.91 Å². The van der Waals surface area contributed by atoms with Gasteiger partial charge in [0.15, 0.2) is 5.69 Å². The number of aromatic nitrogens is 4. The summed E-state index contributed by atoms with van der Waals surface area (Å²) in [7, 11) is 0. The Morgan fingerprint density at radius 2 is 2.30 bits per heavy atom. The Morgan fingerprint density at radius 1 is 1.45 bits per heavy atom. The molecule has 0 aliphatic heterocycles. The van der Waals surface area contributed by atoms with Crippen molar-refractivity contribution in [1.82, 2.24) is 25.7 Å². The SMILES string of the molecule is CCCCC(NC(=O)c1n[nH]nc1C)c1cccnc1. The standard InChI is InChI=1S/C14H19N5O/c1-3-4-7-12(11-6-5-8-15-9-11)16-14(20)13-10(2)17-19-18-13/h5-6,8-9,12H,3-4,7H2,1-2H3,(H,16,20)(H,17,18,19). The van der Waals surface area contributed by atoms with Gasteiger partial charge in [-0.2, -0.15) is 15.4 Å². The second kappa shape index (κ2) is 6.79. The predicted octanol–water partition coefficient (Wildman–Crippen LogP) is 2.17. The first-order chi connectivity index (χ1) is 9.72. The minimum absolute atomic E-state index is 0.0488. The van der Waals surface area contributed by atoms with Crippen molar-refractivity contribution in [3.05, 3.63) is 41.5 Å². The molecule has 2 heterocycles. The molecule has 0 radical (unpaired) electrons. The molecule has 1 atom stereocenters. The third-order valence-corrected chi connectivity index (χ3v) is 3.18. The van der Waals surface area contributed by atoms with Crippen molar-refractivity contribution < 1.29 is 4.79 Å². The maximum absolute atomic E-state index is 12.2. The van der Waals surface area contributed by atoms with Crippen molar-refractivity contribution in [3.63, 3.8) is 0 Å². The highest BCUT2D eigenvalue weighted by Crippen LogP contribution is 2.19. The van der Waals surface area contributed by atoms with Gasteiger partial charge in [-0.1, -0.05) is 25.8 Å². The van der Waals surface area contributed by atoms with Crippen LogP contribution in [0, 0.1) is 6.92 Å². The Hall–Kier alpha value is -2.24. The summed E-state index contributed by atoms with van der Waals surface area (Å²) in [4.78, 5) is 16.3. The number of amides is 1. The van der Waals surface area contributed by atoms with Crippen LogP contribution in [0.5, 0.6) is 0 Å². The summed E-state index contributed by atoms with van der Waals surface area (Å²) in [5.74, 6) is -0.207. The molecule has 2 aromatic heterocycles. The number of carbonyl (C=O) groups excluding carboxylic acids is 1. The molecule has 1 unspecified atom stereocenters. The molecule has 0 aromatic carbocycles. The number of rotatable bonds is 6. The first-order valence-corrected chi connectivity index (χ1v) is 6.80. The van der Waals surface area contributed by atoms with Crippen LogP contribution in [0.15, 0.2) is 24.5 Å². The fraction of sp³-hybridized carbons (Fsp3) is 0.429. The van der Waals surface area contributed by atoms with E-state index >= 15 is 0 Å². The van der Waals surface area contributed by atoms with Gasteiger partial charge in [0, 0.05) is 12.4 Å². The third kappa shape index (κ3) is 3.40. The van der Waals surface area contributed by atoms with Gasteiger partial charge in [-0.05, 0) is 25.0 Å². The summed E-state index contributed by atoms with van der Waals surface area (Å²) in [5, 5.41) is 13.2. The fourth-order valence-electron chi connectivity index (χ4n) is 2.04. The van der Waals surface area contributed by atoms with Crippen LogP contribution in [0.4, 0.5) is 0 Å². The zero-order chi connectivity index (χ0) is 14.4. The number of unbranched alkanes of at least 4 members (excludes halogenated alkanes) is 1. The van der Waals surface area contributed by atoms with Gasteiger partial charge in [0.1, 0.15) is 0 Å². The van der Waals surface area contributed by atoms with Gasteiger partial charge in [-0.15, -0.1) is 0 Å². The lowest BCUT2D eigenvalue weighted by Gasteiger charge is -2.18. The molecule has 6 nitrogen and oxygen atoms in total. The highest BCUT2D eigenvalue weighted by molar-refractivity contribution is 5.93. The van der Waals surface area contributed by atoms with Crippen LogP contribution in [-0.4, -0.2) is 26.3 Å². The highest BCUT2D eigenvalue weighted by Gasteiger charge is 2.19. The van der Waals surface area contributed by atoms with E-state index in [4.69, 9.17) is 0 Å². The molecule has 0 aliphatic carbocycles. The van der Waals surface area contributed by atoms with Crippen molar-refractivity contribution in [2.24, 2.45) is 0 Å². The van der Waals surface area contributed by atoms with Crippen LogP contribution in [0.3, 0.4) is 0 Å². The van der Waals surface area contributed by atoms with Crippen LogP contribution >= 0.6 is 0 Å². The number of H-pyrrole nitrogens is 1. The van der Waals surface area contributed by atoms with Crippen LogP contribution in [0.2, 0.25) is 0 Å². The Bertz CT molecular complexity index is 552. The molecule has 106 valence electrons. The van der Waals surface area contributed by atoms with Crippen molar-refractivity contribution in [1.29, 1.82) is 0 Å². The Morgan fingerprint density at radius 3 is 2.90 bits per heavy atom. The van der Waals surface area contributed by atoms with Gasteiger partial charge in [0.2, 0.25) is 0 Å². The lowest BCUT2D eigenvalue weighted by molar-refractivity contribution is 0.0928. The normalized spacial score (nSPS) is 12.1. The second-order valence-corrected chi connectivity index (χ2v) is 4.71. The van der Waals surface area contributed by atoms with E-state index in [1.54, 1.807) is 19.3 Å². The van der Waals surface area contributed by atoms with Gasteiger partial charge in [-0.3, -0.25) is 9.78 Å². The van der Waals surface area contributed by atoms with E-state index in [0.29, 0.717) is 11.4 Å². The predicted molar refractivity (Wildman–Crippen MR) is 75.1 cm³/mol. The van der Waals surface area contributed by atoms with Gasteiger partial charge in [0.05, 0.1) is 11.7 Å². The molecule has 0 bridgehead atoms. The lowest BCUT2D eigenvalue weighted by Crippen LogP contribution is -2.29. The summed E-state index contributed by atoms with van der Waals surface area (Å²) in [6, 6.07) is 3.80. The summed E-state index contributed by atoms with van der Waals surface area (Å²) in [5.41, 5.74) is 1.95. The molecular weight excluding hydrogens is 254 g/mol. The molecule has 0 aliphatic rings. The average Bonchev–Trinajstić information content (AvgIpc) is 2.90. The number of aromatic amines is 1. The second-order valence-electron chi connectivity index (χ2n) is 4.71. The molecule has 0 spiro atoms. The molecule has 2 rings (SSSR count). The zero-order valence-corrected chi connectivity index (χ0v) is 11.8. The van der Waals surface area contributed by atoms with Crippen LogP contribution in [0.25, 0.3) is 0 Å². The molecule has 0 saturated heterocycles. The number of nitrogens with one attached hydrogen (secondary N) is 2. The number of pyridine rings is 1. The number of hydrogen-bond donors (Lipinski definition) is 2. The quantitative estimate of drug-likeness (QED) is 0.844. The number of aryl methyl sites for hydroxylation is 1. The fourth-order valence-corrected chi connectivity index (χ4v) is 2.04. The maximum Gasteiger partial charge on any atom is 0.274 e. The third-order valence-electron chi connectivity index (χ3n) is 3.18. The van der Waals surface area contributed by atoms with Crippen LogP contribution in [0.1, 0.15) is 54.0 Å². The van der Waals surface area contributed by atoms with Crippen molar-refractivity contribution in [3.8, 4) is 0 Å². The first-order valence-electron chi connectivity index (χ1n) is 6.80. The van der Waals surface area contributed by atoms with E-state index in [0.717, 1.165) is 24.8 Å². The number of nitrogens with zero attached hydrogens (tertiary/aromatic N) is 3. The Balaban J connectivity index is 2.12. The van der Waals surface area contributed by atoms with E-state index in [1.165, 1.54) is 0 Å². The summed E-state index contributed by atoms with van der Waals surface area (Å²) < 4.78 is 0. The van der Waals surface area contributed by atoms with Gasteiger partial charge in [-0.25, -0.2) is 0 Å². The summed E-state index contributed by atoms with van der Waals surface area (Å²) >= 11 is 0. The van der Waals surface area contributed by atoms with Gasteiger partial charge < -0.3 is 5.32 Å². The molecule has 2 N–H and O–H groups in total. The Kier molecular flexibility index (Phi) is 4.81. The molecule has 6 heteroatoms. The van der Waals surface area contributed by atoms with E-state index in [1.807, 2.05) is 12.1 Å². The topological polar surface area (TPSA) is 83.6 Å². The summed E-state index contributed by atoms with van der Waals surface area (Å²) in [6.07, 6.45) is 6.51. The van der Waals surface area contributed by atoms with Crippen molar-refractivity contribution in [2.75, 3.05) is 0 Å². The number of hydrogen-bond acceptors (Lipinski definition) is 4. The monoisotopic (exact) mass is 273 g/mol. The first kappa shape index (κ1) is 14.2. The van der Waals surface area contributed by atoms with Crippen molar-refractivity contribution in [2.45, 2.75) is 39.2 Å². The van der Waals surface area contributed by atoms with E-state index in [-0.39, 0.29) is 11.9 Å². The molecule has 2 aromatic rings. The minimum Gasteiger partial charge on any atom is -0.344 e. The van der Waals surface area contributed by atoms with E-state index in [2.05, 4.69) is 32.6 Å². The Labute approximate surface area is 118 Å². The highest BCUT2D eigenvalue weighted by atomic mass is 16.2. The van der Waals surface area contributed by atoms with Crippen LogP contribution in [-0.2, 0) is 0 Å². The summed E-state index contributed by atoms with van der Waals surface area (Å²) in [6.45, 7) is 3.88. The smallest absolute Gasteiger partial charge is 0.274 e. The molecular formula is C14H19N5O. The van der Waals surface area contributed by atoms with Crippen molar-refractivity contribution >= 4 is 5.91 Å². The molecule has 20 heavy (non-hydrogen) atoms. The number of carbonyl (C=O) groups is 1. The van der Waals surface area contributed by atoms with E-state index < -0.39 is 0 Å². The van der Waals surface area contributed by atoms with Crippen LogP contribution < -0.4 is 5.32 Å². The molecule has 0 saturated carbocycles. The molecule has 1 amide bonds.